The molecule has 1 aromatic carbocycles. The van der Waals surface area contributed by atoms with Gasteiger partial charge in [0, 0.05) is 31.7 Å². The molecule has 0 saturated carbocycles. The van der Waals surface area contributed by atoms with Crippen LogP contribution >= 0.6 is 0 Å². The lowest BCUT2D eigenvalue weighted by Crippen LogP contribution is -2.36. The first kappa shape index (κ1) is 17.4. The SMILES string of the molecule is CC(c1ccc2c(c1)OCC2)N1CCC(n2cc(C(F)(F)F)cn2)CC1. The molecule has 7 heteroatoms. The van der Waals surface area contributed by atoms with Gasteiger partial charge >= 0.3 is 6.18 Å². The van der Waals surface area contributed by atoms with Gasteiger partial charge < -0.3 is 4.74 Å². The molecule has 1 unspecified atom stereocenters. The number of rotatable bonds is 3. The maximum absolute atomic E-state index is 12.7. The van der Waals surface area contributed by atoms with Gasteiger partial charge in [0.2, 0.25) is 0 Å². The first-order valence-electron chi connectivity index (χ1n) is 9.03. The molecule has 26 heavy (non-hydrogen) atoms. The summed E-state index contributed by atoms with van der Waals surface area (Å²) in [6, 6.07) is 6.71. The van der Waals surface area contributed by atoms with Crippen molar-refractivity contribution in [2.24, 2.45) is 0 Å². The zero-order chi connectivity index (χ0) is 18.3. The maximum Gasteiger partial charge on any atom is 0.419 e. The molecule has 140 valence electrons. The van der Waals surface area contributed by atoms with Gasteiger partial charge in [-0.3, -0.25) is 9.58 Å². The fourth-order valence-electron chi connectivity index (χ4n) is 3.88. The van der Waals surface area contributed by atoms with Crippen LogP contribution in [0.1, 0.15) is 48.5 Å². The third-order valence-corrected chi connectivity index (χ3v) is 5.55. The second-order valence-corrected chi connectivity index (χ2v) is 7.12. The minimum atomic E-state index is -4.33. The smallest absolute Gasteiger partial charge is 0.419 e. The topological polar surface area (TPSA) is 30.3 Å². The van der Waals surface area contributed by atoms with E-state index in [-0.39, 0.29) is 12.1 Å². The molecule has 0 bridgehead atoms. The average molecular weight is 365 g/mol. The van der Waals surface area contributed by atoms with E-state index in [1.54, 1.807) is 0 Å². The number of halogens is 3. The molecule has 0 N–H and O–H groups in total. The Balaban J connectivity index is 1.39. The quantitative estimate of drug-likeness (QED) is 0.815. The van der Waals surface area contributed by atoms with Gasteiger partial charge in [0.15, 0.2) is 0 Å². The van der Waals surface area contributed by atoms with E-state index in [1.165, 1.54) is 15.8 Å². The van der Waals surface area contributed by atoms with Gasteiger partial charge in [0.05, 0.1) is 24.4 Å². The van der Waals surface area contributed by atoms with E-state index in [9.17, 15) is 13.2 Å². The lowest BCUT2D eigenvalue weighted by atomic mass is 9.99. The van der Waals surface area contributed by atoms with Crippen molar-refractivity contribution in [3.8, 4) is 5.75 Å². The Morgan fingerprint density at radius 3 is 2.69 bits per heavy atom. The summed E-state index contributed by atoms with van der Waals surface area (Å²) in [5, 5.41) is 3.94. The molecule has 2 aromatic rings. The van der Waals surface area contributed by atoms with Crippen LogP contribution in [-0.4, -0.2) is 34.4 Å². The highest BCUT2D eigenvalue weighted by molar-refractivity contribution is 5.41. The molecule has 1 atom stereocenters. The summed E-state index contributed by atoms with van der Waals surface area (Å²) < 4.78 is 45.4. The number of benzene rings is 1. The van der Waals surface area contributed by atoms with Gasteiger partial charge in [-0.15, -0.1) is 0 Å². The van der Waals surface area contributed by atoms with Crippen molar-refractivity contribution in [3.05, 3.63) is 47.3 Å². The third-order valence-electron chi connectivity index (χ3n) is 5.55. The summed E-state index contributed by atoms with van der Waals surface area (Å²) in [7, 11) is 0. The zero-order valence-electron chi connectivity index (χ0n) is 14.7. The van der Waals surface area contributed by atoms with Crippen molar-refractivity contribution < 1.29 is 17.9 Å². The zero-order valence-corrected chi connectivity index (χ0v) is 14.7. The van der Waals surface area contributed by atoms with Crippen molar-refractivity contribution in [2.75, 3.05) is 19.7 Å². The molecule has 4 rings (SSSR count). The predicted molar refractivity (Wildman–Crippen MR) is 91.1 cm³/mol. The Kier molecular flexibility index (Phi) is 4.42. The number of nitrogens with zero attached hydrogens (tertiary/aromatic N) is 3. The highest BCUT2D eigenvalue weighted by Gasteiger charge is 2.33. The number of likely N-dealkylation sites (tertiary alicyclic amines) is 1. The monoisotopic (exact) mass is 365 g/mol. The number of alkyl halides is 3. The van der Waals surface area contributed by atoms with E-state index in [2.05, 4.69) is 35.1 Å². The largest absolute Gasteiger partial charge is 0.493 e. The Bertz CT molecular complexity index is 779. The number of ether oxygens (including phenoxy) is 1. The van der Waals surface area contributed by atoms with E-state index in [4.69, 9.17) is 4.74 Å². The number of piperidine rings is 1. The number of fused-ring (bicyclic) bond motifs is 1. The van der Waals surface area contributed by atoms with Crippen LogP contribution in [0.4, 0.5) is 13.2 Å². The van der Waals surface area contributed by atoms with Crippen molar-refractivity contribution in [2.45, 2.75) is 44.4 Å². The molecule has 1 aromatic heterocycles. The Hall–Kier alpha value is -2.02. The van der Waals surface area contributed by atoms with Crippen LogP contribution in [0.2, 0.25) is 0 Å². The minimum absolute atomic E-state index is 0.0258. The Morgan fingerprint density at radius 2 is 2.00 bits per heavy atom. The summed E-state index contributed by atoms with van der Waals surface area (Å²) in [4.78, 5) is 2.38. The molecule has 4 nitrogen and oxygen atoms in total. The van der Waals surface area contributed by atoms with E-state index in [0.717, 1.165) is 57.1 Å². The van der Waals surface area contributed by atoms with Crippen LogP contribution in [0, 0.1) is 0 Å². The normalized spacial score (nSPS) is 20.0. The van der Waals surface area contributed by atoms with Gasteiger partial charge in [-0.2, -0.15) is 18.3 Å². The first-order chi connectivity index (χ1) is 12.4. The second kappa shape index (κ2) is 6.61. The lowest BCUT2D eigenvalue weighted by molar-refractivity contribution is -0.137. The average Bonchev–Trinajstić information content (AvgIpc) is 3.29. The van der Waals surface area contributed by atoms with Crippen LogP contribution in [0.15, 0.2) is 30.6 Å². The molecular formula is C19H22F3N3O. The Morgan fingerprint density at radius 1 is 1.23 bits per heavy atom. The number of hydrogen-bond donors (Lipinski definition) is 0. The lowest BCUT2D eigenvalue weighted by Gasteiger charge is -2.36. The summed E-state index contributed by atoms with van der Waals surface area (Å²) in [6.45, 7) is 4.60. The number of hydrogen-bond acceptors (Lipinski definition) is 3. The van der Waals surface area contributed by atoms with Gasteiger partial charge in [0.25, 0.3) is 0 Å². The van der Waals surface area contributed by atoms with E-state index < -0.39 is 11.7 Å². The van der Waals surface area contributed by atoms with Crippen molar-refractivity contribution in [1.29, 1.82) is 0 Å². The summed E-state index contributed by atoms with van der Waals surface area (Å²) in [5.74, 6) is 0.987. The van der Waals surface area contributed by atoms with Crippen LogP contribution in [-0.2, 0) is 12.6 Å². The van der Waals surface area contributed by atoms with Crippen molar-refractivity contribution >= 4 is 0 Å². The molecule has 0 radical (unpaired) electrons. The molecule has 2 aliphatic heterocycles. The molecular weight excluding hydrogens is 343 g/mol. The molecule has 3 heterocycles. The number of aromatic nitrogens is 2. The van der Waals surface area contributed by atoms with Gasteiger partial charge in [-0.1, -0.05) is 12.1 Å². The summed E-state index contributed by atoms with van der Waals surface area (Å²) >= 11 is 0. The minimum Gasteiger partial charge on any atom is -0.493 e. The first-order valence-corrected chi connectivity index (χ1v) is 9.03. The predicted octanol–water partition coefficient (Wildman–Crippen LogP) is 4.23. The summed E-state index contributed by atoms with van der Waals surface area (Å²) in [6.07, 6.45) is 0.277. The fourth-order valence-corrected chi connectivity index (χ4v) is 3.88. The molecule has 0 amide bonds. The molecule has 1 fully saturated rings. The van der Waals surface area contributed by atoms with Gasteiger partial charge in [-0.05, 0) is 37.0 Å². The second-order valence-electron chi connectivity index (χ2n) is 7.12. The van der Waals surface area contributed by atoms with E-state index >= 15 is 0 Å². The highest BCUT2D eigenvalue weighted by Crippen LogP contribution is 2.34. The van der Waals surface area contributed by atoms with Crippen LogP contribution < -0.4 is 4.74 Å². The van der Waals surface area contributed by atoms with E-state index in [0.29, 0.717) is 0 Å². The third kappa shape index (κ3) is 3.32. The molecule has 0 aliphatic carbocycles. The molecule has 1 saturated heterocycles. The molecule has 2 aliphatic rings. The Labute approximate surface area is 150 Å². The van der Waals surface area contributed by atoms with Gasteiger partial charge in [-0.25, -0.2) is 0 Å². The van der Waals surface area contributed by atoms with Crippen LogP contribution in [0.25, 0.3) is 0 Å². The van der Waals surface area contributed by atoms with Gasteiger partial charge in [0.1, 0.15) is 5.75 Å². The standard InChI is InChI=1S/C19H22F3N3O/c1-13(15-3-2-14-6-9-26-18(14)10-15)24-7-4-17(5-8-24)25-12-16(11-23-25)19(20,21)22/h2-3,10-13,17H,4-9H2,1H3. The van der Waals surface area contributed by atoms with Crippen molar-refractivity contribution in [1.82, 2.24) is 14.7 Å². The van der Waals surface area contributed by atoms with Crippen molar-refractivity contribution in [3.63, 3.8) is 0 Å². The van der Waals surface area contributed by atoms with Crippen LogP contribution in [0.5, 0.6) is 5.75 Å². The fraction of sp³-hybridized carbons (Fsp3) is 0.526. The summed E-state index contributed by atoms with van der Waals surface area (Å²) in [5.41, 5.74) is 1.81. The molecule has 0 spiro atoms. The maximum atomic E-state index is 12.7. The van der Waals surface area contributed by atoms with Crippen LogP contribution in [0.3, 0.4) is 0 Å². The van der Waals surface area contributed by atoms with E-state index in [1.807, 2.05) is 0 Å². The highest BCUT2D eigenvalue weighted by atomic mass is 19.4.